The highest BCUT2D eigenvalue weighted by molar-refractivity contribution is 9.10. The summed E-state index contributed by atoms with van der Waals surface area (Å²) in [5.74, 6) is 0.314. The summed E-state index contributed by atoms with van der Waals surface area (Å²) in [7, 11) is -3.65. The molecule has 1 fully saturated rings. The molecule has 0 aromatic heterocycles. The van der Waals surface area contributed by atoms with Crippen LogP contribution in [0.1, 0.15) is 13.8 Å². The second-order valence-electron chi connectivity index (χ2n) is 4.93. The van der Waals surface area contributed by atoms with Crippen LogP contribution in [0.25, 0.3) is 0 Å². The van der Waals surface area contributed by atoms with Gasteiger partial charge in [0, 0.05) is 37.6 Å². The minimum atomic E-state index is -3.65. The van der Waals surface area contributed by atoms with E-state index in [1.54, 1.807) is 23.1 Å². The van der Waals surface area contributed by atoms with Crippen LogP contribution in [-0.2, 0) is 14.8 Å². The third-order valence-electron chi connectivity index (χ3n) is 3.51. The molecule has 1 aliphatic rings. The molecule has 0 aliphatic carbocycles. The highest BCUT2D eigenvalue weighted by atomic mass is 79.9. The molecule has 1 amide bonds. The fraction of sp³-hybridized carbons (Fsp3) is 0.500. The van der Waals surface area contributed by atoms with Gasteiger partial charge in [-0.25, -0.2) is 8.42 Å². The average Bonchev–Trinajstić information content (AvgIpc) is 2.49. The fourth-order valence-electron chi connectivity index (χ4n) is 2.34. The lowest BCUT2D eigenvalue weighted by molar-refractivity contribution is -0.129. The van der Waals surface area contributed by atoms with E-state index in [-0.39, 0.29) is 10.8 Å². The van der Waals surface area contributed by atoms with Crippen LogP contribution in [0, 0.1) is 0 Å². The number of piperazine rings is 1. The number of hydrogen-bond donors (Lipinski definition) is 0. The van der Waals surface area contributed by atoms with Crippen molar-refractivity contribution in [3.05, 3.63) is 22.7 Å². The van der Waals surface area contributed by atoms with Crippen LogP contribution in [-0.4, -0.2) is 56.3 Å². The first-order valence-electron chi connectivity index (χ1n) is 7.04. The van der Waals surface area contributed by atoms with Crippen molar-refractivity contribution in [2.24, 2.45) is 0 Å². The summed E-state index contributed by atoms with van der Waals surface area (Å²) in [4.78, 5) is 13.1. The Morgan fingerprint density at radius 3 is 2.45 bits per heavy atom. The second-order valence-corrected chi connectivity index (χ2v) is 7.76. The molecule has 1 saturated heterocycles. The molecule has 0 spiro atoms. The molecule has 1 aromatic rings. The van der Waals surface area contributed by atoms with Crippen molar-refractivity contribution >= 4 is 31.9 Å². The minimum Gasteiger partial charge on any atom is -0.492 e. The molecule has 0 N–H and O–H groups in total. The van der Waals surface area contributed by atoms with Crippen LogP contribution in [0.5, 0.6) is 5.75 Å². The van der Waals surface area contributed by atoms with Crippen molar-refractivity contribution in [1.29, 1.82) is 0 Å². The number of rotatable bonds is 4. The summed E-state index contributed by atoms with van der Waals surface area (Å²) in [5, 5.41) is 0. The Hall–Kier alpha value is -1.12. The zero-order valence-electron chi connectivity index (χ0n) is 12.6. The van der Waals surface area contributed by atoms with Gasteiger partial charge in [-0.1, -0.05) is 15.9 Å². The molecule has 0 saturated carbocycles. The first kappa shape index (κ1) is 17.2. The molecule has 1 aromatic carbocycles. The molecule has 6 nitrogen and oxygen atoms in total. The van der Waals surface area contributed by atoms with Crippen LogP contribution in [0.4, 0.5) is 0 Å². The average molecular weight is 391 g/mol. The maximum atomic E-state index is 12.8. The van der Waals surface area contributed by atoms with Crippen molar-refractivity contribution < 1.29 is 17.9 Å². The normalized spacial score (nSPS) is 16.6. The van der Waals surface area contributed by atoms with Crippen LogP contribution in [0.3, 0.4) is 0 Å². The van der Waals surface area contributed by atoms with Crippen LogP contribution in [0.15, 0.2) is 27.6 Å². The van der Waals surface area contributed by atoms with E-state index in [4.69, 9.17) is 4.74 Å². The Morgan fingerprint density at radius 2 is 1.91 bits per heavy atom. The predicted molar refractivity (Wildman–Crippen MR) is 86.3 cm³/mol. The number of carbonyl (C=O) groups excluding carboxylic acids is 1. The number of ether oxygens (including phenoxy) is 1. The predicted octanol–water partition coefficient (Wildman–Crippen LogP) is 1.70. The molecule has 122 valence electrons. The van der Waals surface area contributed by atoms with Gasteiger partial charge in [0.2, 0.25) is 15.9 Å². The van der Waals surface area contributed by atoms with Gasteiger partial charge < -0.3 is 9.64 Å². The van der Waals surface area contributed by atoms with Gasteiger partial charge in [-0.15, -0.1) is 0 Å². The van der Waals surface area contributed by atoms with E-state index in [1.165, 1.54) is 11.2 Å². The number of carbonyl (C=O) groups is 1. The van der Waals surface area contributed by atoms with Crippen molar-refractivity contribution in [3.8, 4) is 5.75 Å². The second kappa shape index (κ2) is 6.97. The summed E-state index contributed by atoms with van der Waals surface area (Å²) < 4.78 is 33.2. The molecule has 0 bridgehead atoms. The van der Waals surface area contributed by atoms with Crippen molar-refractivity contribution in [3.63, 3.8) is 0 Å². The molecule has 1 aliphatic heterocycles. The van der Waals surface area contributed by atoms with Crippen LogP contribution < -0.4 is 4.74 Å². The molecular formula is C14H19BrN2O4S. The highest BCUT2D eigenvalue weighted by Crippen LogP contribution is 2.30. The lowest BCUT2D eigenvalue weighted by atomic mass is 10.3. The quantitative estimate of drug-likeness (QED) is 0.784. The Balaban J connectivity index is 2.28. The van der Waals surface area contributed by atoms with Gasteiger partial charge in [0.1, 0.15) is 10.6 Å². The standard InChI is InChI=1S/C14H19BrN2O4S/c1-3-21-13-5-4-12(15)10-14(13)22(19,20)17-8-6-16(7-9-17)11(2)18/h4-5,10H,3,6-9H2,1-2H3. The summed E-state index contributed by atoms with van der Waals surface area (Å²) in [6.07, 6.45) is 0. The molecule has 8 heteroatoms. The smallest absolute Gasteiger partial charge is 0.246 e. The van der Waals surface area contributed by atoms with Crippen LogP contribution in [0.2, 0.25) is 0 Å². The first-order chi connectivity index (χ1) is 10.4. The number of nitrogens with zero attached hydrogens (tertiary/aromatic N) is 2. The third kappa shape index (κ3) is 3.61. The monoisotopic (exact) mass is 390 g/mol. The van der Waals surface area contributed by atoms with Crippen molar-refractivity contribution in [1.82, 2.24) is 9.21 Å². The molecule has 2 rings (SSSR count). The Kier molecular flexibility index (Phi) is 5.46. The van der Waals surface area contributed by atoms with Gasteiger partial charge in [-0.2, -0.15) is 4.31 Å². The molecular weight excluding hydrogens is 372 g/mol. The lowest BCUT2D eigenvalue weighted by Crippen LogP contribution is -2.49. The fourth-order valence-corrected chi connectivity index (χ4v) is 4.43. The SMILES string of the molecule is CCOc1ccc(Br)cc1S(=O)(=O)N1CCN(C(C)=O)CC1. The number of sulfonamides is 1. The lowest BCUT2D eigenvalue weighted by Gasteiger charge is -2.33. The minimum absolute atomic E-state index is 0.0329. The number of amides is 1. The van der Waals surface area contributed by atoms with Crippen LogP contribution >= 0.6 is 15.9 Å². The van der Waals surface area contributed by atoms with Gasteiger partial charge in [0.05, 0.1) is 6.61 Å². The zero-order valence-corrected chi connectivity index (χ0v) is 15.0. The molecule has 1 heterocycles. The Labute approximate surface area is 139 Å². The molecule has 0 radical (unpaired) electrons. The van der Waals surface area contributed by atoms with E-state index < -0.39 is 10.0 Å². The van der Waals surface area contributed by atoms with E-state index in [9.17, 15) is 13.2 Å². The maximum Gasteiger partial charge on any atom is 0.246 e. The van der Waals surface area contributed by atoms with Crippen molar-refractivity contribution in [2.75, 3.05) is 32.8 Å². The van der Waals surface area contributed by atoms with E-state index in [2.05, 4.69) is 15.9 Å². The summed E-state index contributed by atoms with van der Waals surface area (Å²) in [6.45, 7) is 5.09. The molecule has 0 unspecified atom stereocenters. The van der Waals surface area contributed by atoms with E-state index in [0.29, 0.717) is 43.0 Å². The van der Waals surface area contributed by atoms with Crippen molar-refractivity contribution in [2.45, 2.75) is 18.7 Å². The highest BCUT2D eigenvalue weighted by Gasteiger charge is 2.31. The van der Waals surface area contributed by atoms with Gasteiger partial charge in [0.15, 0.2) is 0 Å². The maximum absolute atomic E-state index is 12.8. The third-order valence-corrected chi connectivity index (χ3v) is 5.92. The largest absolute Gasteiger partial charge is 0.492 e. The zero-order chi connectivity index (χ0) is 16.3. The van der Waals surface area contributed by atoms with E-state index in [0.717, 1.165) is 0 Å². The molecule has 0 atom stereocenters. The van der Waals surface area contributed by atoms with Gasteiger partial charge in [0.25, 0.3) is 0 Å². The number of benzene rings is 1. The topological polar surface area (TPSA) is 66.9 Å². The van der Waals surface area contributed by atoms with E-state index >= 15 is 0 Å². The summed E-state index contributed by atoms with van der Waals surface area (Å²) in [6, 6.07) is 4.95. The van der Waals surface area contributed by atoms with E-state index in [1.807, 2.05) is 6.92 Å². The Bertz CT molecular complexity index is 655. The summed E-state index contributed by atoms with van der Waals surface area (Å²) >= 11 is 3.30. The number of hydrogen-bond acceptors (Lipinski definition) is 4. The first-order valence-corrected chi connectivity index (χ1v) is 9.27. The van der Waals surface area contributed by atoms with Gasteiger partial charge in [-0.05, 0) is 25.1 Å². The Morgan fingerprint density at radius 1 is 1.27 bits per heavy atom. The summed E-state index contributed by atoms with van der Waals surface area (Å²) in [5.41, 5.74) is 0. The van der Waals surface area contributed by atoms with Gasteiger partial charge >= 0.3 is 0 Å². The number of halogens is 1. The molecule has 22 heavy (non-hydrogen) atoms. The van der Waals surface area contributed by atoms with Gasteiger partial charge in [-0.3, -0.25) is 4.79 Å².